The minimum absolute atomic E-state index is 0.00475. The van der Waals surface area contributed by atoms with E-state index in [1.807, 2.05) is 0 Å². The number of amides is 1. The summed E-state index contributed by atoms with van der Waals surface area (Å²) in [5.41, 5.74) is 4.59. The van der Waals surface area contributed by atoms with Gasteiger partial charge in [0.2, 0.25) is 11.6 Å². The van der Waals surface area contributed by atoms with Crippen molar-refractivity contribution in [3.8, 4) is 0 Å². The highest BCUT2D eigenvalue weighted by Crippen LogP contribution is 2.55. The van der Waals surface area contributed by atoms with Crippen LogP contribution in [0.4, 0.5) is 4.79 Å². The molecule has 1 aliphatic carbocycles. The third-order valence-electron chi connectivity index (χ3n) is 6.09. The number of allylic oxidation sites excluding steroid dienone is 2. The van der Waals surface area contributed by atoms with Gasteiger partial charge in [0, 0.05) is 37.4 Å². The summed E-state index contributed by atoms with van der Waals surface area (Å²) in [6.07, 6.45) is -1.01. The molecule has 2 saturated heterocycles. The summed E-state index contributed by atoms with van der Waals surface area (Å²) in [6, 6.07) is -0.0693. The number of carbonyl (C=O) groups excluding carboxylic acids is 3. The number of methoxy groups -OCH3 is 1. The Hall–Kier alpha value is -2.28. The highest BCUT2D eigenvalue weighted by Gasteiger charge is 2.72. The van der Waals surface area contributed by atoms with Crippen LogP contribution in [0, 0.1) is 5.92 Å². The molecule has 4 aliphatic rings. The quantitative estimate of drug-likeness (QED) is 0.117. The molecule has 170 valence electrons. The zero-order chi connectivity index (χ0) is 22.7. The van der Waals surface area contributed by atoms with Crippen LogP contribution in [0.15, 0.2) is 22.5 Å². The van der Waals surface area contributed by atoms with Crippen LogP contribution in [0.25, 0.3) is 0 Å². The van der Waals surface area contributed by atoms with E-state index in [1.165, 1.54) is 14.0 Å². The van der Waals surface area contributed by atoms with Crippen LogP contribution in [-0.4, -0.2) is 83.6 Å². The van der Waals surface area contributed by atoms with Gasteiger partial charge in [-0.1, -0.05) is 0 Å². The number of hydrogen-bond acceptors (Lipinski definition) is 10. The second-order valence-corrected chi connectivity index (χ2v) is 8.91. The smallest absolute Gasteiger partial charge is 0.449 e. The predicted octanol–water partition coefficient (Wildman–Crippen LogP) is -1.91. The van der Waals surface area contributed by atoms with E-state index in [1.54, 1.807) is 4.90 Å². The number of Topliss-reactive ketones (excluding diaryl/α,β-unsaturated/α-hetero) is 2. The van der Waals surface area contributed by atoms with Crippen LogP contribution in [0.5, 0.6) is 0 Å². The third kappa shape index (κ3) is 3.37. The van der Waals surface area contributed by atoms with Crippen LogP contribution < -0.4 is 16.4 Å². The topological polar surface area (TPSA) is 200 Å². The second-order valence-electron chi connectivity index (χ2n) is 7.67. The minimum atomic E-state index is -4.66. The Morgan fingerprint density at radius 3 is 2.71 bits per heavy atom. The molecule has 2 fully saturated rings. The van der Waals surface area contributed by atoms with Gasteiger partial charge in [0.15, 0.2) is 5.72 Å². The number of nitrogens with zero attached hydrogens (tertiary/aromatic N) is 1. The summed E-state index contributed by atoms with van der Waals surface area (Å²) in [4.78, 5) is 57.3. The van der Waals surface area contributed by atoms with Gasteiger partial charge in [-0.05, 0) is 6.92 Å². The molecule has 14 heteroatoms. The molecule has 0 aromatic heterocycles. The van der Waals surface area contributed by atoms with E-state index >= 15 is 0 Å². The molecule has 1 amide bonds. The van der Waals surface area contributed by atoms with Crippen molar-refractivity contribution in [1.82, 2.24) is 15.5 Å². The first-order valence-corrected chi connectivity index (χ1v) is 11.1. The first kappa shape index (κ1) is 21.9. The molecular weight excluding hydrogens is 435 g/mol. The molecule has 3 heterocycles. The highest BCUT2D eigenvalue weighted by molar-refractivity contribution is 7.46. The molecule has 4 rings (SSSR count). The van der Waals surface area contributed by atoms with Crippen molar-refractivity contribution >= 4 is 25.5 Å². The lowest BCUT2D eigenvalue weighted by Gasteiger charge is -2.39. The van der Waals surface area contributed by atoms with Gasteiger partial charge >= 0.3 is 13.9 Å². The molecule has 0 saturated carbocycles. The fourth-order valence-corrected chi connectivity index (χ4v) is 5.17. The molecule has 3 aliphatic heterocycles. The number of phosphoric acid groups is 1. The molecule has 0 bridgehead atoms. The first-order chi connectivity index (χ1) is 14.5. The van der Waals surface area contributed by atoms with Crippen molar-refractivity contribution < 1.29 is 42.7 Å². The molecule has 0 aromatic rings. The van der Waals surface area contributed by atoms with Crippen molar-refractivity contribution in [1.29, 1.82) is 0 Å². The van der Waals surface area contributed by atoms with Gasteiger partial charge in [0.25, 0.3) is 0 Å². The van der Waals surface area contributed by atoms with Gasteiger partial charge in [0.05, 0.1) is 30.0 Å². The summed E-state index contributed by atoms with van der Waals surface area (Å²) in [7, 11) is -3.19. The molecule has 13 nitrogen and oxygen atoms in total. The zero-order valence-electron chi connectivity index (χ0n) is 16.8. The second kappa shape index (κ2) is 7.40. The normalized spacial score (nSPS) is 31.6. The molecule has 0 radical (unpaired) electrons. The van der Waals surface area contributed by atoms with Gasteiger partial charge in [0.1, 0.15) is 6.61 Å². The molecule has 6 N–H and O–H groups in total. The van der Waals surface area contributed by atoms with Gasteiger partial charge in [-0.2, -0.15) is 0 Å². The molecule has 0 unspecified atom stereocenters. The van der Waals surface area contributed by atoms with Gasteiger partial charge in [-0.3, -0.25) is 14.1 Å². The summed E-state index contributed by atoms with van der Waals surface area (Å²) >= 11 is 0. The number of ketones is 2. The van der Waals surface area contributed by atoms with Crippen molar-refractivity contribution in [2.75, 3.05) is 33.4 Å². The summed E-state index contributed by atoms with van der Waals surface area (Å²) in [5, 5.41) is 6.00. The molecule has 31 heavy (non-hydrogen) atoms. The van der Waals surface area contributed by atoms with E-state index in [-0.39, 0.29) is 60.2 Å². The number of ether oxygens (including phenoxy) is 2. The van der Waals surface area contributed by atoms with Crippen molar-refractivity contribution in [3.05, 3.63) is 22.5 Å². The fourth-order valence-electron chi connectivity index (χ4n) is 4.84. The van der Waals surface area contributed by atoms with E-state index in [0.717, 1.165) is 0 Å². The molecular formula is C17H23N4O9P. The monoisotopic (exact) mass is 458 g/mol. The Labute approximate surface area is 176 Å². The molecule has 0 aromatic carbocycles. The lowest BCUT2D eigenvalue weighted by molar-refractivity contribution is -0.137. The van der Waals surface area contributed by atoms with Crippen molar-refractivity contribution in [2.45, 2.75) is 24.7 Å². The van der Waals surface area contributed by atoms with E-state index in [2.05, 4.69) is 15.2 Å². The van der Waals surface area contributed by atoms with Crippen LogP contribution in [-0.2, 0) is 28.2 Å². The Balaban J connectivity index is 1.64. The molecule has 4 atom stereocenters. The minimum Gasteiger partial charge on any atom is -0.449 e. The lowest BCUT2D eigenvalue weighted by atomic mass is 9.82. The maximum Gasteiger partial charge on any atom is 0.469 e. The summed E-state index contributed by atoms with van der Waals surface area (Å²) in [5.74, 6) is -1.63. The summed E-state index contributed by atoms with van der Waals surface area (Å²) < 4.78 is 26.1. The lowest BCUT2D eigenvalue weighted by Crippen LogP contribution is -2.55. The average molecular weight is 458 g/mol. The molecule has 0 spiro atoms. The Kier molecular flexibility index (Phi) is 5.23. The van der Waals surface area contributed by atoms with Gasteiger partial charge in [-0.15, -0.1) is 0 Å². The van der Waals surface area contributed by atoms with Crippen molar-refractivity contribution in [3.63, 3.8) is 0 Å². The largest absolute Gasteiger partial charge is 0.469 e. The van der Waals surface area contributed by atoms with E-state index < -0.39 is 31.3 Å². The Bertz CT molecular complexity index is 973. The third-order valence-corrected chi connectivity index (χ3v) is 6.61. The van der Waals surface area contributed by atoms with Crippen molar-refractivity contribution in [2.24, 2.45) is 11.7 Å². The number of piperazine rings is 1. The number of rotatable bonds is 8. The van der Waals surface area contributed by atoms with E-state index in [0.29, 0.717) is 6.54 Å². The number of carbonyl (C=O) groups is 3. The average Bonchev–Trinajstić information content (AvgIpc) is 3.29. The predicted molar refractivity (Wildman–Crippen MR) is 102 cm³/mol. The SMILES string of the molecule is CO[C@@]12[C@H](COC(N)=O)C3=C(C(=O)C(C)=C(NCCOP(=O)(O)O)C3=O)N1C[C@@H]1N[C@@H]12. The standard InChI is InChI=1S/C17H23N4O9P/c1-7-11(19-3-4-30-31(25,26)27)14(23)10-8(6-29-16(18)24)17(28-2)15-9(20-15)5-21(17)12(10)13(7)22/h8-9,15,19-20H,3-6H2,1-2H3,(H2,18,24)(H2,25,26,27)/t8-,9+,15+,17-/m1/s1. The zero-order valence-corrected chi connectivity index (χ0v) is 17.7. The van der Waals surface area contributed by atoms with E-state index in [4.69, 9.17) is 25.0 Å². The number of fused-ring (bicyclic) bond motifs is 4. The van der Waals surface area contributed by atoms with Gasteiger partial charge in [-0.25, -0.2) is 9.36 Å². The van der Waals surface area contributed by atoms with Crippen LogP contribution in [0.2, 0.25) is 0 Å². The number of primary amides is 1. The van der Waals surface area contributed by atoms with E-state index in [9.17, 15) is 18.9 Å². The number of hydrogen-bond donors (Lipinski definition) is 5. The number of nitrogens with two attached hydrogens (primary N) is 1. The highest BCUT2D eigenvalue weighted by atomic mass is 31.2. The maximum absolute atomic E-state index is 13.4. The Morgan fingerprint density at radius 2 is 2.10 bits per heavy atom. The van der Waals surface area contributed by atoms with Crippen LogP contribution in [0.1, 0.15) is 6.92 Å². The number of phosphoric ester groups is 1. The maximum atomic E-state index is 13.4. The first-order valence-electron chi connectivity index (χ1n) is 9.52. The Morgan fingerprint density at radius 1 is 1.39 bits per heavy atom. The van der Waals surface area contributed by atoms with Crippen LogP contribution in [0.3, 0.4) is 0 Å². The van der Waals surface area contributed by atoms with Gasteiger partial charge < -0.3 is 40.5 Å². The van der Waals surface area contributed by atoms with Crippen LogP contribution >= 0.6 is 7.82 Å². The fraction of sp³-hybridized carbons (Fsp3) is 0.588. The summed E-state index contributed by atoms with van der Waals surface area (Å²) in [6.45, 7) is 1.19. The number of nitrogens with one attached hydrogen (secondary N) is 2.